The Morgan fingerprint density at radius 2 is 2.23 bits per heavy atom. The summed E-state index contributed by atoms with van der Waals surface area (Å²) in [5.41, 5.74) is 0. The minimum Gasteiger partial charge on any atom is -0.432 e. The molecular weight excluding hydrogens is 176 g/mol. The van der Waals surface area contributed by atoms with Crippen LogP contribution in [0.1, 0.15) is 13.8 Å². The molecule has 0 N–H and O–H groups in total. The van der Waals surface area contributed by atoms with E-state index in [-0.39, 0.29) is 0 Å². The lowest BCUT2D eigenvalue weighted by atomic mass is 10.2. The first-order valence-corrected chi connectivity index (χ1v) is 3.89. The Morgan fingerprint density at radius 3 is 2.54 bits per heavy atom. The zero-order chi connectivity index (χ0) is 10.1. The summed E-state index contributed by atoms with van der Waals surface area (Å²) in [5, 5.41) is 0. The van der Waals surface area contributed by atoms with Crippen molar-refractivity contribution in [2.75, 3.05) is 7.11 Å². The van der Waals surface area contributed by atoms with Gasteiger partial charge >= 0.3 is 5.97 Å². The molecule has 0 aromatic carbocycles. The molecule has 1 aliphatic rings. The van der Waals surface area contributed by atoms with E-state index in [1.54, 1.807) is 13.8 Å². The molecule has 2 atom stereocenters. The van der Waals surface area contributed by atoms with Crippen molar-refractivity contribution in [2.24, 2.45) is 0 Å². The molecule has 13 heavy (non-hydrogen) atoms. The topological polar surface area (TPSA) is 61.8 Å². The molecule has 5 heteroatoms. The van der Waals surface area contributed by atoms with Crippen molar-refractivity contribution in [3.63, 3.8) is 0 Å². The molecule has 1 fully saturated rings. The molecule has 0 saturated carbocycles. The van der Waals surface area contributed by atoms with E-state index in [0.717, 1.165) is 0 Å². The molecule has 1 heterocycles. The van der Waals surface area contributed by atoms with Crippen LogP contribution in [-0.4, -0.2) is 37.4 Å². The smallest absolute Gasteiger partial charge is 0.341 e. The number of cyclic esters (lactones) is 1. The zero-order valence-electron chi connectivity index (χ0n) is 7.77. The second-order valence-electron chi connectivity index (χ2n) is 3.20. The summed E-state index contributed by atoms with van der Waals surface area (Å²) in [6, 6.07) is 0. The van der Waals surface area contributed by atoms with Crippen LogP contribution in [0.3, 0.4) is 0 Å². The van der Waals surface area contributed by atoms with Crippen molar-refractivity contribution in [2.45, 2.75) is 31.8 Å². The molecule has 0 radical (unpaired) electrons. The number of hydrogen-bond donors (Lipinski definition) is 0. The van der Waals surface area contributed by atoms with Crippen molar-refractivity contribution in [1.29, 1.82) is 0 Å². The fourth-order valence-electron chi connectivity index (χ4n) is 1.13. The van der Waals surface area contributed by atoms with Crippen LogP contribution in [0, 0.1) is 0 Å². The van der Waals surface area contributed by atoms with Gasteiger partial charge in [-0.1, -0.05) is 0 Å². The predicted molar refractivity (Wildman–Crippen MR) is 41.9 cm³/mol. The SMILES string of the molecule is CO[C@@H](C=O)C1OC(C)(C)OC1=O. The lowest BCUT2D eigenvalue weighted by molar-refractivity contribution is -0.163. The van der Waals surface area contributed by atoms with Gasteiger partial charge in [0.25, 0.3) is 0 Å². The van der Waals surface area contributed by atoms with Gasteiger partial charge in [0.1, 0.15) is 6.10 Å². The third-order valence-corrected chi connectivity index (χ3v) is 1.69. The zero-order valence-corrected chi connectivity index (χ0v) is 7.77. The van der Waals surface area contributed by atoms with Crippen molar-refractivity contribution < 1.29 is 23.8 Å². The van der Waals surface area contributed by atoms with Gasteiger partial charge in [-0.05, 0) is 0 Å². The Morgan fingerprint density at radius 1 is 1.62 bits per heavy atom. The van der Waals surface area contributed by atoms with E-state index in [1.165, 1.54) is 7.11 Å². The third kappa shape index (κ3) is 2.05. The molecule has 1 rings (SSSR count). The average molecular weight is 188 g/mol. The molecule has 1 saturated heterocycles. The Balaban J connectivity index is 2.72. The minimum atomic E-state index is -0.971. The number of methoxy groups -OCH3 is 1. The fraction of sp³-hybridized carbons (Fsp3) is 0.750. The monoisotopic (exact) mass is 188 g/mol. The first-order chi connectivity index (χ1) is 6.00. The standard InChI is InChI=1S/C8H12O5/c1-8(2)12-6(7(10)13-8)5(4-9)11-3/h4-6H,1-3H3/t5-,6?/m0/s1. The highest BCUT2D eigenvalue weighted by molar-refractivity contribution is 5.81. The minimum absolute atomic E-state index is 0.521. The molecule has 0 aromatic rings. The third-order valence-electron chi connectivity index (χ3n) is 1.69. The van der Waals surface area contributed by atoms with E-state index in [1.807, 2.05) is 0 Å². The Hall–Kier alpha value is -0.940. The van der Waals surface area contributed by atoms with Gasteiger partial charge in [-0.3, -0.25) is 0 Å². The number of rotatable bonds is 3. The maximum absolute atomic E-state index is 11.2. The molecule has 74 valence electrons. The summed E-state index contributed by atoms with van der Waals surface area (Å²) in [5.74, 6) is -1.54. The molecule has 0 spiro atoms. The fourth-order valence-corrected chi connectivity index (χ4v) is 1.13. The molecular formula is C8H12O5. The quantitative estimate of drug-likeness (QED) is 0.456. The summed E-state index contributed by atoms with van der Waals surface area (Å²) in [6.45, 7) is 3.20. The Labute approximate surface area is 76.0 Å². The van der Waals surface area contributed by atoms with E-state index in [9.17, 15) is 9.59 Å². The van der Waals surface area contributed by atoms with Gasteiger partial charge in [-0.15, -0.1) is 0 Å². The lowest BCUT2D eigenvalue weighted by Crippen LogP contribution is -2.35. The molecule has 0 aliphatic carbocycles. The van der Waals surface area contributed by atoms with Gasteiger partial charge < -0.3 is 19.0 Å². The number of carbonyl (C=O) groups excluding carboxylic acids is 2. The first-order valence-electron chi connectivity index (χ1n) is 3.89. The van der Waals surface area contributed by atoms with E-state index < -0.39 is 24.0 Å². The molecule has 0 bridgehead atoms. The largest absolute Gasteiger partial charge is 0.432 e. The van der Waals surface area contributed by atoms with Crippen LogP contribution in [-0.2, 0) is 23.8 Å². The van der Waals surface area contributed by atoms with Crippen molar-refractivity contribution in [1.82, 2.24) is 0 Å². The second-order valence-corrected chi connectivity index (χ2v) is 3.20. The van der Waals surface area contributed by atoms with Crippen LogP contribution in [0.2, 0.25) is 0 Å². The van der Waals surface area contributed by atoms with Gasteiger partial charge in [0.05, 0.1) is 0 Å². The highest BCUT2D eigenvalue weighted by atomic mass is 16.8. The number of esters is 1. The first kappa shape index (κ1) is 10.1. The number of aldehydes is 1. The van der Waals surface area contributed by atoms with Gasteiger partial charge in [-0.25, -0.2) is 4.79 Å². The summed E-state index contributed by atoms with van der Waals surface area (Å²) in [7, 11) is 1.33. The van der Waals surface area contributed by atoms with Gasteiger partial charge in [0.2, 0.25) is 5.79 Å². The summed E-state index contributed by atoms with van der Waals surface area (Å²) in [4.78, 5) is 21.6. The van der Waals surface area contributed by atoms with E-state index in [4.69, 9.17) is 14.2 Å². The van der Waals surface area contributed by atoms with Crippen LogP contribution < -0.4 is 0 Å². The maximum atomic E-state index is 11.2. The molecule has 0 amide bonds. The summed E-state index contributed by atoms with van der Waals surface area (Å²) in [6.07, 6.45) is -1.32. The van der Waals surface area contributed by atoms with Crippen molar-refractivity contribution in [3.05, 3.63) is 0 Å². The lowest BCUT2D eigenvalue weighted by Gasteiger charge is -2.16. The summed E-state index contributed by atoms with van der Waals surface area (Å²) < 4.78 is 14.8. The molecule has 0 aromatic heterocycles. The van der Waals surface area contributed by atoms with Crippen LogP contribution in [0.5, 0.6) is 0 Å². The van der Waals surface area contributed by atoms with Crippen molar-refractivity contribution in [3.8, 4) is 0 Å². The number of ether oxygens (including phenoxy) is 3. The maximum Gasteiger partial charge on any atom is 0.341 e. The average Bonchev–Trinajstić information content (AvgIpc) is 2.28. The van der Waals surface area contributed by atoms with Gasteiger partial charge in [0.15, 0.2) is 12.4 Å². The van der Waals surface area contributed by atoms with Crippen molar-refractivity contribution >= 4 is 12.3 Å². The van der Waals surface area contributed by atoms with Crippen LogP contribution in [0.4, 0.5) is 0 Å². The van der Waals surface area contributed by atoms with E-state index >= 15 is 0 Å². The summed E-state index contributed by atoms with van der Waals surface area (Å²) >= 11 is 0. The number of hydrogen-bond acceptors (Lipinski definition) is 5. The van der Waals surface area contributed by atoms with E-state index in [0.29, 0.717) is 6.29 Å². The molecule has 1 unspecified atom stereocenters. The number of carbonyl (C=O) groups is 2. The molecule has 5 nitrogen and oxygen atoms in total. The Kier molecular flexibility index (Phi) is 2.68. The normalized spacial score (nSPS) is 28.2. The van der Waals surface area contributed by atoms with Crippen LogP contribution >= 0.6 is 0 Å². The van der Waals surface area contributed by atoms with Crippen LogP contribution in [0.25, 0.3) is 0 Å². The highest BCUT2D eigenvalue weighted by Crippen LogP contribution is 2.25. The van der Waals surface area contributed by atoms with Gasteiger partial charge in [0, 0.05) is 21.0 Å². The van der Waals surface area contributed by atoms with E-state index in [2.05, 4.69) is 0 Å². The molecule has 1 aliphatic heterocycles. The van der Waals surface area contributed by atoms with Crippen LogP contribution in [0.15, 0.2) is 0 Å². The predicted octanol–water partition coefficient (Wildman–Crippen LogP) is -0.122. The Bertz CT molecular complexity index is 223. The van der Waals surface area contributed by atoms with Gasteiger partial charge in [-0.2, -0.15) is 0 Å². The highest BCUT2D eigenvalue weighted by Gasteiger charge is 2.45. The second kappa shape index (κ2) is 3.43.